The van der Waals surface area contributed by atoms with Crippen molar-refractivity contribution in [3.63, 3.8) is 0 Å². The minimum absolute atomic E-state index is 0.0736. The van der Waals surface area contributed by atoms with E-state index in [0.29, 0.717) is 46.6 Å². The average Bonchev–Trinajstić information content (AvgIpc) is 3.19. The van der Waals surface area contributed by atoms with Crippen LogP contribution in [0.4, 0.5) is 0 Å². The van der Waals surface area contributed by atoms with Gasteiger partial charge in [0.05, 0.1) is 42.7 Å². The van der Waals surface area contributed by atoms with Crippen molar-refractivity contribution in [2.24, 2.45) is 0 Å². The first-order valence-corrected chi connectivity index (χ1v) is 11.8. The van der Waals surface area contributed by atoms with E-state index in [4.69, 9.17) is 14.2 Å². The molecule has 0 unspecified atom stereocenters. The Labute approximate surface area is 197 Å². The number of fused-ring (bicyclic) bond motifs is 1. The van der Waals surface area contributed by atoms with Crippen LogP contribution in [0, 0.1) is 11.3 Å². The van der Waals surface area contributed by atoms with Crippen LogP contribution in [-0.2, 0) is 10.5 Å². The second-order valence-electron chi connectivity index (χ2n) is 7.72. The number of methoxy groups -OCH3 is 1. The van der Waals surface area contributed by atoms with Gasteiger partial charge in [0.1, 0.15) is 5.75 Å². The van der Waals surface area contributed by atoms with Gasteiger partial charge < -0.3 is 19.3 Å². The molecule has 1 saturated heterocycles. The highest BCUT2D eigenvalue weighted by molar-refractivity contribution is 8.03. The van der Waals surface area contributed by atoms with Gasteiger partial charge in [0.25, 0.3) is 0 Å². The van der Waals surface area contributed by atoms with Gasteiger partial charge in [-0.1, -0.05) is 18.2 Å². The summed E-state index contributed by atoms with van der Waals surface area (Å²) in [4.78, 5) is 14.7. The number of hydrogen-bond acceptors (Lipinski definition) is 7. The van der Waals surface area contributed by atoms with Crippen LogP contribution < -0.4 is 14.2 Å². The minimum Gasteiger partial charge on any atom is -0.494 e. The number of nitrogens with zero attached hydrogens (tertiary/aromatic N) is 2. The summed E-state index contributed by atoms with van der Waals surface area (Å²) in [5.74, 6) is 1.44. The number of aliphatic hydroxyl groups is 1. The first-order valence-electron chi connectivity index (χ1n) is 10.8. The number of carbonyl (C=O) groups is 1. The first-order chi connectivity index (χ1) is 16.0. The molecule has 8 heteroatoms. The van der Waals surface area contributed by atoms with Gasteiger partial charge in [-0.15, -0.1) is 11.8 Å². The van der Waals surface area contributed by atoms with E-state index in [1.165, 1.54) is 16.7 Å². The fourth-order valence-electron chi connectivity index (χ4n) is 4.29. The van der Waals surface area contributed by atoms with Crippen molar-refractivity contribution in [1.82, 2.24) is 4.90 Å². The lowest BCUT2D eigenvalue weighted by Gasteiger charge is -2.38. The molecular weight excluding hydrogens is 440 g/mol. The van der Waals surface area contributed by atoms with Crippen LogP contribution in [0.15, 0.2) is 53.1 Å². The van der Waals surface area contributed by atoms with Gasteiger partial charge in [-0.3, -0.25) is 9.69 Å². The molecule has 0 aliphatic carbocycles. The SMILES string of the molecule is CCOc1ccc([C@]2(O)CSC3=C(C#N)[C@H](c4ccc(OC)c(OCC)c4)CC(=O)N32)cc1. The second kappa shape index (κ2) is 9.38. The smallest absolute Gasteiger partial charge is 0.231 e. The van der Waals surface area contributed by atoms with E-state index in [1.54, 1.807) is 37.4 Å². The van der Waals surface area contributed by atoms with E-state index >= 15 is 0 Å². The number of benzene rings is 2. The van der Waals surface area contributed by atoms with Crippen molar-refractivity contribution < 1.29 is 24.1 Å². The van der Waals surface area contributed by atoms with Gasteiger partial charge in [-0.25, -0.2) is 0 Å². The molecule has 1 fully saturated rings. The molecule has 0 spiro atoms. The molecule has 33 heavy (non-hydrogen) atoms. The summed E-state index contributed by atoms with van der Waals surface area (Å²) >= 11 is 1.32. The molecule has 2 aromatic rings. The van der Waals surface area contributed by atoms with Crippen molar-refractivity contribution in [3.8, 4) is 23.3 Å². The third-order valence-corrected chi connectivity index (χ3v) is 7.05. The van der Waals surface area contributed by atoms with Crippen LogP contribution in [0.3, 0.4) is 0 Å². The zero-order chi connectivity index (χ0) is 23.6. The summed E-state index contributed by atoms with van der Waals surface area (Å²) in [6.07, 6.45) is 0.0736. The van der Waals surface area contributed by atoms with Crippen LogP contribution in [-0.4, -0.2) is 42.0 Å². The van der Waals surface area contributed by atoms with Gasteiger partial charge >= 0.3 is 0 Å². The molecule has 0 bridgehead atoms. The van der Waals surface area contributed by atoms with Crippen LogP contribution >= 0.6 is 11.8 Å². The summed E-state index contributed by atoms with van der Waals surface area (Å²) in [6.45, 7) is 4.79. The molecule has 2 aliphatic heterocycles. The number of hydrogen-bond donors (Lipinski definition) is 1. The van der Waals surface area contributed by atoms with Crippen molar-refractivity contribution in [3.05, 3.63) is 64.2 Å². The molecule has 2 aliphatic rings. The fraction of sp³-hybridized carbons (Fsp3) is 0.360. The molecule has 0 aromatic heterocycles. The van der Waals surface area contributed by atoms with Gasteiger partial charge in [0.2, 0.25) is 5.91 Å². The molecule has 172 valence electrons. The normalized spacial score (nSPS) is 22.1. The zero-order valence-corrected chi connectivity index (χ0v) is 19.6. The van der Waals surface area contributed by atoms with Crippen molar-refractivity contribution in [2.75, 3.05) is 26.1 Å². The highest BCUT2D eigenvalue weighted by Gasteiger charge is 2.51. The van der Waals surface area contributed by atoms with Gasteiger partial charge in [-0.2, -0.15) is 5.26 Å². The van der Waals surface area contributed by atoms with Crippen LogP contribution in [0.1, 0.15) is 37.3 Å². The summed E-state index contributed by atoms with van der Waals surface area (Å²) in [6, 6.07) is 14.8. The summed E-state index contributed by atoms with van der Waals surface area (Å²) in [5, 5.41) is 22.1. The number of amides is 1. The molecule has 2 atom stereocenters. The first kappa shape index (κ1) is 23.0. The number of allylic oxidation sites excluding steroid dienone is 1. The summed E-state index contributed by atoms with van der Waals surface area (Å²) in [7, 11) is 1.57. The molecule has 1 N–H and O–H groups in total. The highest BCUT2D eigenvalue weighted by Crippen LogP contribution is 2.52. The Morgan fingerprint density at radius 1 is 1.15 bits per heavy atom. The maximum absolute atomic E-state index is 13.3. The van der Waals surface area contributed by atoms with Gasteiger partial charge in [0.15, 0.2) is 17.2 Å². The van der Waals surface area contributed by atoms with E-state index in [1.807, 2.05) is 26.0 Å². The predicted molar refractivity (Wildman–Crippen MR) is 125 cm³/mol. The monoisotopic (exact) mass is 466 g/mol. The number of carbonyl (C=O) groups excluding carboxylic acids is 1. The topological polar surface area (TPSA) is 92.0 Å². The van der Waals surface area contributed by atoms with E-state index in [2.05, 4.69) is 6.07 Å². The largest absolute Gasteiger partial charge is 0.494 e. The van der Waals surface area contributed by atoms with E-state index in [0.717, 1.165) is 5.56 Å². The molecule has 7 nitrogen and oxygen atoms in total. The maximum atomic E-state index is 13.3. The van der Waals surface area contributed by atoms with Crippen LogP contribution in [0.25, 0.3) is 0 Å². The zero-order valence-electron chi connectivity index (χ0n) is 18.8. The molecule has 2 aromatic carbocycles. The Morgan fingerprint density at radius 3 is 2.52 bits per heavy atom. The Balaban J connectivity index is 1.73. The molecule has 4 rings (SSSR count). The van der Waals surface area contributed by atoms with Crippen molar-refractivity contribution in [1.29, 1.82) is 5.26 Å². The Bertz CT molecular complexity index is 1120. The van der Waals surface area contributed by atoms with Crippen molar-refractivity contribution in [2.45, 2.75) is 31.9 Å². The van der Waals surface area contributed by atoms with E-state index in [9.17, 15) is 15.2 Å². The molecule has 2 heterocycles. The second-order valence-corrected chi connectivity index (χ2v) is 8.69. The lowest BCUT2D eigenvalue weighted by Crippen LogP contribution is -2.48. The Kier molecular flexibility index (Phi) is 6.54. The lowest BCUT2D eigenvalue weighted by atomic mass is 9.85. The number of ether oxygens (including phenoxy) is 3. The standard InChI is InChI=1S/C25H26N2O5S/c1-4-31-18-9-7-17(8-10-18)25(29)15-33-24-20(14-26)19(13-23(28)27(24)25)16-6-11-21(30-3)22(12-16)32-5-2/h6-12,19,29H,4-5,13,15H2,1-3H3/t19-,25+/m0/s1. The van der Waals surface area contributed by atoms with Crippen LogP contribution in [0.2, 0.25) is 0 Å². The fourth-order valence-corrected chi connectivity index (χ4v) is 5.65. The summed E-state index contributed by atoms with van der Waals surface area (Å²) < 4.78 is 16.5. The van der Waals surface area contributed by atoms with Crippen molar-refractivity contribution >= 4 is 17.7 Å². The van der Waals surface area contributed by atoms with Crippen LogP contribution in [0.5, 0.6) is 17.2 Å². The molecule has 0 radical (unpaired) electrons. The summed E-state index contributed by atoms with van der Waals surface area (Å²) in [5.41, 5.74) is 0.328. The molecule has 0 saturated carbocycles. The number of rotatable bonds is 7. The molecular formula is C25H26N2O5S. The Hall–Kier alpha value is -3.15. The predicted octanol–water partition coefficient (Wildman–Crippen LogP) is 4.14. The third-order valence-electron chi connectivity index (χ3n) is 5.83. The molecule has 1 amide bonds. The van der Waals surface area contributed by atoms with E-state index in [-0.39, 0.29) is 18.1 Å². The number of thioether (sulfide) groups is 1. The van der Waals surface area contributed by atoms with Gasteiger partial charge in [0, 0.05) is 17.9 Å². The van der Waals surface area contributed by atoms with E-state index < -0.39 is 11.6 Å². The minimum atomic E-state index is -1.52. The number of nitriles is 1. The lowest BCUT2D eigenvalue weighted by molar-refractivity contribution is -0.149. The average molecular weight is 467 g/mol. The highest BCUT2D eigenvalue weighted by atomic mass is 32.2. The third kappa shape index (κ3) is 4.03. The van der Waals surface area contributed by atoms with Gasteiger partial charge in [-0.05, 0) is 43.7 Å². The maximum Gasteiger partial charge on any atom is 0.231 e. The quantitative estimate of drug-likeness (QED) is 0.656. The Morgan fingerprint density at radius 2 is 1.88 bits per heavy atom.